The summed E-state index contributed by atoms with van der Waals surface area (Å²) in [5.74, 6) is -0.584. The van der Waals surface area contributed by atoms with Crippen LogP contribution < -0.4 is 10.1 Å². The number of hydrogen-bond donors (Lipinski definition) is 2. The fraction of sp³-hybridized carbons (Fsp3) is 0.278. The lowest BCUT2D eigenvalue weighted by molar-refractivity contribution is 0.0684. The molecule has 2 N–H and O–H groups in total. The number of ether oxygens (including phenoxy) is 1. The largest absolute Gasteiger partial charge is 0.476 e. The van der Waals surface area contributed by atoms with E-state index in [4.69, 9.17) is 4.74 Å². The molecule has 8 heteroatoms. The molecule has 2 heterocycles. The Hall–Kier alpha value is -3.29. The summed E-state index contributed by atoms with van der Waals surface area (Å²) < 4.78 is 5.55. The Balaban J connectivity index is 1.57. The number of hydrogen-bond acceptors (Lipinski definition) is 7. The van der Waals surface area contributed by atoms with Crippen molar-refractivity contribution in [3.05, 3.63) is 47.9 Å². The molecule has 0 saturated heterocycles. The van der Waals surface area contributed by atoms with Crippen LogP contribution in [0.5, 0.6) is 5.88 Å². The van der Waals surface area contributed by atoms with Gasteiger partial charge in [0, 0.05) is 18.9 Å². The third kappa shape index (κ3) is 4.21. The first-order chi connectivity index (χ1) is 12.7. The molecule has 0 bridgehead atoms. The number of aryl methyl sites for hydroxylation is 1. The number of aromatic nitrogens is 4. The molecule has 0 radical (unpaired) electrons. The Kier molecular flexibility index (Phi) is 5.52. The number of nitrogens with one attached hydrogen (secondary N) is 1. The Labute approximate surface area is 150 Å². The molecule has 1 aromatic carbocycles. The van der Waals surface area contributed by atoms with Crippen LogP contribution in [-0.4, -0.2) is 44.2 Å². The standard InChI is InChI=1S/C18H19N5O3/c1-2-12-10-20-18(21-11-12)19-8-5-9-26-16-15(17(24)25)22-13-6-3-4-7-14(13)23-16/h3-4,6-7,10-11H,2,5,8-9H2,1H3,(H,24,25)(H,19,20,21). The Bertz CT molecular complexity index is 899. The van der Waals surface area contributed by atoms with Gasteiger partial charge in [-0.25, -0.2) is 24.7 Å². The molecule has 0 saturated carbocycles. The van der Waals surface area contributed by atoms with Crippen molar-refractivity contribution in [3.8, 4) is 5.88 Å². The second kappa shape index (κ2) is 8.19. The van der Waals surface area contributed by atoms with Crippen molar-refractivity contribution in [1.29, 1.82) is 0 Å². The number of para-hydroxylation sites is 2. The van der Waals surface area contributed by atoms with Crippen molar-refractivity contribution < 1.29 is 14.6 Å². The summed E-state index contributed by atoms with van der Waals surface area (Å²) in [4.78, 5) is 28.2. The molecule has 3 aromatic rings. The summed E-state index contributed by atoms with van der Waals surface area (Å²) in [7, 11) is 0. The highest BCUT2D eigenvalue weighted by molar-refractivity contribution is 5.90. The van der Waals surface area contributed by atoms with Gasteiger partial charge >= 0.3 is 5.97 Å². The minimum Gasteiger partial charge on any atom is -0.476 e. The zero-order valence-electron chi connectivity index (χ0n) is 14.3. The van der Waals surface area contributed by atoms with Gasteiger partial charge in [0.15, 0.2) is 0 Å². The van der Waals surface area contributed by atoms with Crippen molar-refractivity contribution in [1.82, 2.24) is 19.9 Å². The first kappa shape index (κ1) is 17.5. The average Bonchev–Trinajstić information content (AvgIpc) is 2.67. The minimum atomic E-state index is -1.17. The van der Waals surface area contributed by atoms with E-state index in [1.807, 2.05) is 13.0 Å². The van der Waals surface area contributed by atoms with Crippen molar-refractivity contribution in [2.75, 3.05) is 18.5 Å². The molecule has 0 aliphatic rings. The molecule has 0 atom stereocenters. The molecule has 0 aliphatic carbocycles. The van der Waals surface area contributed by atoms with Gasteiger partial charge in [-0.3, -0.25) is 0 Å². The summed E-state index contributed by atoms with van der Waals surface area (Å²) in [6.45, 7) is 2.94. The maximum Gasteiger partial charge on any atom is 0.360 e. The van der Waals surface area contributed by atoms with E-state index in [1.165, 1.54) is 0 Å². The van der Waals surface area contributed by atoms with E-state index >= 15 is 0 Å². The van der Waals surface area contributed by atoms with Gasteiger partial charge in [-0.2, -0.15) is 0 Å². The lowest BCUT2D eigenvalue weighted by Gasteiger charge is -2.09. The zero-order chi connectivity index (χ0) is 18.4. The first-order valence-electron chi connectivity index (χ1n) is 8.35. The van der Waals surface area contributed by atoms with Gasteiger partial charge < -0.3 is 15.2 Å². The summed E-state index contributed by atoms with van der Waals surface area (Å²) >= 11 is 0. The predicted octanol–water partition coefficient (Wildman–Crippen LogP) is 2.56. The van der Waals surface area contributed by atoms with E-state index < -0.39 is 5.97 Å². The maximum atomic E-state index is 11.4. The van der Waals surface area contributed by atoms with Gasteiger partial charge in [-0.05, 0) is 30.5 Å². The van der Waals surface area contributed by atoms with E-state index in [-0.39, 0.29) is 11.6 Å². The van der Waals surface area contributed by atoms with Crippen LogP contribution in [0.1, 0.15) is 29.4 Å². The number of rotatable bonds is 8. The lowest BCUT2D eigenvalue weighted by atomic mass is 10.3. The van der Waals surface area contributed by atoms with Crippen LogP contribution >= 0.6 is 0 Å². The monoisotopic (exact) mass is 353 g/mol. The van der Waals surface area contributed by atoms with E-state index in [9.17, 15) is 9.90 Å². The fourth-order valence-corrected chi connectivity index (χ4v) is 2.29. The van der Waals surface area contributed by atoms with Crippen molar-refractivity contribution in [2.45, 2.75) is 19.8 Å². The number of benzene rings is 1. The molecular formula is C18H19N5O3. The Morgan fingerprint density at radius 3 is 2.50 bits per heavy atom. The quantitative estimate of drug-likeness (QED) is 0.595. The second-order valence-corrected chi connectivity index (χ2v) is 5.57. The Morgan fingerprint density at radius 1 is 1.15 bits per heavy atom. The van der Waals surface area contributed by atoms with Crippen LogP contribution in [0.2, 0.25) is 0 Å². The Morgan fingerprint density at radius 2 is 1.85 bits per heavy atom. The molecule has 0 spiro atoms. The number of fused-ring (bicyclic) bond motifs is 1. The summed E-state index contributed by atoms with van der Waals surface area (Å²) in [5, 5.41) is 12.4. The van der Waals surface area contributed by atoms with Crippen LogP contribution in [0.4, 0.5) is 5.95 Å². The SMILES string of the molecule is CCc1cnc(NCCCOc2nc3ccccc3nc2C(=O)O)nc1. The van der Waals surface area contributed by atoms with Gasteiger partial charge in [0.25, 0.3) is 0 Å². The topological polar surface area (TPSA) is 110 Å². The molecule has 0 fully saturated rings. The van der Waals surface area contributed by atoms with E-state index in [0.717, 1.165) is 12.0 Å². The van der Waals surface area contributed by atoms with Crippen LogP contribution in [-0.2, 0) is 6.42 Å². The number of nitrogens with zero attached hydrogens (tertiary/aromatic N) is 4. The van der Waals surface area contributed by atoms with Crippen LogP contribution in [0.15, 0.2) is 36.7 Å². The summed E-state index contributed by atoms with van der Waals surface area (Å²) in [6, 6.07) is 7.07. The smallest absolute Gasteiger partial charge is 0.360 e. The van der Waals surface area contributed by atoms with Gasteiger partial charge in [-0.1, -0.05) is 19.1 Å². The van der Waals surface area contributed by atoms with Crippen LogP contribution in [0.3, 0.4) is 0 Å². The molecule has 8 nitrogen and oxygen atoms in total. The number of carbonyl (C=O) groups is 1. The number of carboxylic acid groups (broad SMARTS) is 1. The number of anilines is 1. The van der Waals surface area contributed by atoms with Gasteiger partial charge in [0.05, 0.1) is 17.6 Å². The third-order valence-electron chi connectivity index (χ3n) is 3.70. The molecule has 0 aliphatic heterocycles. The zero-order valence-corrected chi connectivity index (χ0v) is 14.3. The highest BCUT2D eigenvalue weighted by Gasteiger charge is 2.16. The summed E-state index contributed by atoms with van der Waals surface area (Å²) in [6.07, 6.45) is 5.10. The van der Waals surface area contributed by atoms with Crippen molar-refractivity contribution in [3.63, 3.8) is 0 Å². The highest BCUT2D eigenvalue weighted by atomic mass is 16.5. The first-order valence-corrected chi connectivity index (χ1v) is 8.35. The van der Waals surface area contributed by atoms with Gasteiger partial charge in [-0.15, -0.1) is 0 Å². The lowest BCUT2D eigenvalue weighted by Crippen LogP contribution is -2.12. The van der Waals surface area contributed by atoms with Gasteiger partial charge in [0.1, 0.15) is 0 Å². The molecule has 2 aromatic heterocycles. The molecule has 134 valence electrons. The average molecular weight is 353 g/mol. The molecular weight excluding hydrogens is 334 g/mol. The predicted molar refractivity (Wildman–Crippen MR) is 96.5 cm³/mol. The van der Waals surface area contributed by atoms with Crippen molar-refractivity contribution >= 4 is 23.0 Å². The summed E-state index contributed by atoms with van der Waals surface area (Å²) in [5.41, 5.74) is 2.01. The van der Waals surface area contributed by atoms with E-state index in [1.54, 1.807) is 30.6 Å². The van der Waals surface area contributed by atoms with Crippen LogP contribution in [0, 0.1) is 0 Å². The van der Waals surface area contributed by atoms with E-state index in [2.05, 4.69) is 25.3 Å². The number of aromatic carboxylic acids is 1. The maximum absolute atomic E-state index is 11.4. The van der Waals surface area contributed by atoms with Gasteiger partial charge in [0.2, 0.25) is 17.5 Å². The minimum absolute atomic E-state index is 0.0275. The normalized spacial score (nSPS) is 10.7. The van der Waals surface area contributed by atoms with E-state index in [0.29, 0.717) is 36.6 Å². The highest BCUT2D eigenvalue weighted by Crippen LogP contribution is 2.19. The molecule has 0 amide bonds. The van der Waals surface area contributed by atoms with Crippen molar-refractivity contribution in [2.24, 2.45) is 0 Å². The molecule has 3 rings (SSSR count). The second-order valence-electron chi connectivity index (χ2n) is 5.57. The molecule has 26 heavy (non-hydrogen) atoms. The van der Waals surface area contributed by atoms with Crippen LogP contribution in [0.25, 0.3) is 11.0 Å². The molecule has 0 unspecified atom stereocenters. The number of carboxylic acids is 1. The third-order valence-corrected chi connectivity index (χ3v) is 3.70. The fourth-order valence-electron chi connectivity index (χ4n) is 2.29.